The van der Waals surface area contributed by atoms with Crippen LogP contribution in [0.2, 0.25) is 0 Å². The molecule has 0 heterocycles. The zero-order valence-corrected chi connectivity index (χ0v) is 11.9. The van der Waals surface area contributed by atoms with E-state index in [1.807, 2.05) is 0 Å². The van der Waals surface area contributed by atoms with Crippen molar-refractivity contribution < 1.29 is 23.4 Å². The number of aromatic hydroxyl groups is 1. The highest BCUT2D eigenvalue weighted by Gasteiger charge is 2.20. The Morgan fingerprint density at radius 3 is 2.43 bits per heavy atom. The zero-order chi connectivity index (χ0) is 15.6. The maximum absolute atomic E-state index is 12.3. The fourth-order valence-electron chi connectivity index (χ4n) is 1.92. The number of carbonyl (C=O) groups is 1. The van der Waals surface area contributed by atoms with Crippen LogP contribution < -0.4 is 4.72 Å². The first kappa shape index (κ1) is 14.9. The Bertz CT molecular complexity index is 799. The minimum Gasteiger partial charge on any atom is -0.508 e. The summed E-state index contributed by atoms with van der Waals surface area (Å²) < 4.78 is 26.9. The molecule has 3 N–H and O–H groups in total. The van der Waals surface area contributed by atoms with Crippen molar-refractivity contribution in [3.05, 3.63) is 53.6 Å². The minimum absolute atomic E-state index is 0.0752. The van der Waals surface area contributed by atoms with E-state index in [0.717, 1.165) is 0 Å². The van der Waals surface area contributed by atoms with E-state index in [2.05, 4.69) is 4.72 Å². The minimum atomic E-state index is -3.94. The van der Waals surface area contributed by atoms with Gasteiger partial charge >= 0.3 is 5.97 Å². The van der Waals surface area contributed by atoms with Crippen LogP contribution in [0.25, 0.3) is 0 Å². The molecule has 0 unspecified atom stereocenters. The molecule has 0 radical (unpaired) electrons. The lowest BCUT2D eigenvalue weighted by Gasteiger charge is -2.12. The fraction of sp³-hybridized carbons (Fsp3) is 0.0714. The van der Waals surface area contributed by atoms with Crippen LogP contribution in [-0.4, -0.2) is 24.6 Å². The molecule has 2 rings (SSSR count). The van der Waals surface area contributed by atoms with E-state index in [4.69, 9.17) is 5.11 Å². The molecule has 0 saturated carbocycles. The van der Waals surface area contributed by atoms with Gasteiger partial charge in [0.2, 0.25) is 0 Å². The van der Waals surface area contributed by atoms with Gasteiger partial charge in [-0.3, -0.25) is 4.72 Å². The quantitative estimate of drug-likeness (QED) is 0.803. The van der Waals surface area contributed by atoms with Gasteiger partial charge in [0, 0.05) is 6.07 Å². The van der Waals surface area contributed by atoms with Crippen molar-refractivity contribution in [2.24, 2.45) is 0 Å². The van der Waals surface area contributed by atoms with Gasteiger partial charge in [0.15, 0.2) is 0 Å². The summed E-state index contributed by atoms with van der Waals surface area (Å²) in [5, 5.41) is 18.4. The molecule has 7 heteroatoms. The number of hydrogen-bond donors (Lipinski definition) is 3. The predicted molar refractivity (Wildman–Crippen MR) is 77.1 cm³/mol. The Morgan fingerprint density at radius 2 is 1.81 bits per heavy atom. The first-order chi connectivity index (χ1) is 9.81. The van der Waals surface area contributed by atoms with E-state index in [1.54, 1.807) is 0 Å². The van der Waals surface area contributed by atoms with Crippen molar-refractivity contribution in [3.8, 4) is 5.75 Å². The number of sulfonamides is 1. The average molecular weight is 307 g/mol. The number of aromatic carboxylic acids is 1. The van der Waals surface area contributed by atoms with Gasteiger partial charge in [0.05, 0.1) is 16.1 Å². The molecule has 0 aliphatic heterocycles. The number of phenols is 1. The maximum Gasteiger partial charge on any atom is 0.335 e. The van der Waals surface area contributed by atoms with Crippen molar-refractivity contribution in [3.63, 3.8) is 0 Å². The largest absolute Gasteiger partial charge is 0.508 e. The number of anilines is 1. The summed E-state index contributed by atoms with van der Waals surface area (Å²) in [5.74, 6) is -1.27. The number of carboxylic acids is 1. The molecule has 0 amide bonds. The van der Waals surface area contributed by atoms with Crippen LogP contribution in [0.3, 0.4) is 0 Å². The van der Waals surface area contributed by atoms with E-state index in [0.29, 0.717) is 0 Å². The highest BCUT2D eigenvalue weighted by atomic mass is 32.2. The number of hydrogen-bond acceptors (Lipinski definition) is 4. The first-order valence-corrected chi connectivity index (χ1v) is 7.44. The van der Waals surface area contributed by atoms with Crippen LogP contribution >= 0.6 is 0 Å². The molecule has 0 bridgehead atoms. The molecule has 2 aromatic carbocycles. The van der Waals surface area contributed by atoms with Crippen molar-refractivity contribution in [2.75, 3.05) is 4.72 Å². The highest BCUT2D eigenvalue weighted by Crippen LogP contribution is 2.23. The van der Waals surface area contributed by atoms with Crippen molar-refractivity contribution in [2.45, 2.75) is 11.8 Å². The normalized spacial score (nSPS) is 11.1. The molecule has 110 valence electrons. The Kier molecular flexibility index (Phi) is 3.86. The van der Waals surface area contributed by atoms with Crippen molar-refractivity contribution >= 4 is 21.7 Å². The second kappa shape index (κ2) is 5.45. The van der Waals surface area contributed by atoms with Gasteiger partial charge in [-0.2, -0.15) is 0 Å². The average Bonchev–Trinajstić information content (AvgIpc) is 2.37. The van der Waals surface area contributed by atoms with Gasteiger partial charge in [-0.25, -0.2) is 13.2 Å². The van der Waals surface area contributed by atoms with Gasteiger partial charge < -0.3 is 10.2 Å². The van der Waals surface area contributed by atoms with Crippen LogP contribution in [-0.2, 0) is 10.0 Å². The van der Waals surface area contributed by atoms with Crippen LogP contribution in [0.5, 0.6) is 5.75 Å². The van der Waals surface area contributed by atoms with E-state index < -0.39 is 16.0 Å². The molecule has 0 aromatic heterocycles. The van der Waals surface area contributed by atoms with Crippen molar-refractivity contribution in [1.82, 2.24) is 0 Å². The third-order valence-corrected chi connectivity index (χ3v) is 4.43. The van der Waals surface area contributed by atoms with Crippen LogP contribution in [0.1, 0.15) is 15.9 Å². The second-order valence-electron chi connectivity index (χ2n) is 4.39. The molecule has 21 heavy (non-hydrogen) atoms. The Labute approximate surface area is 121 Å². The summed E-state index contributed by atoms with van der Waals surface area (Å²) in [7, 11) is -3.94. The van der Waals surface area contributed by atoms with E-state index in [-0.39, 0.29) is 27.5 Å². The number of phenolic OH excluding ortho intramolecular Hbond substituents is 1. The summed E-state index contributed by atoms with van der Waals surface area (Å²) in [5.41, 5.74) is 0.265. The Balaban J connectivity index is 2.45. The second-order valence-corrected chi connectivity index (χ2v) is 6.04. The number of benzene rings is 2. The summed E-state index contributed by atoms with van der Waals surface area (Å²) in [6, 6.07) is 9.68. The zero-order valence-electron chi connectivity index (χ0n) is 11.1. The third kappa shape index (κ3) is 3.14. The maximum atomic E-state index is 12.3. The summed E-state index contributed by atoms with van der Waals surface area (Å²) in [6.45, 7) is 1.43. The highest BCUT2D eigenvalue weighted by molar-refractivity contribution is 7.92. The molecule has 0 saturated heterocycles. The summed E-state index contributed by atoms with van der Waals surface area (Å²) >= 11 is 0. The molecular weight excluding hydrogens is 294 g/mol. The van der Waals surface area contributed by atoms with E-state index >= 15 is 0 Å². The lowest BCUT2D eigenvalue weighted by atomic mass is 10.1. The first-order valence-electron chi connectivity index (χ1n) is 5.96. The molecule has 0 fully saturated rings. The lowest BCUT2D eigenvalue weighted by molar-refractivity contribution is 0.0696. The fourth-order valence-corrected chi connectivity index (χ4v) is 3.23. The van der Waals surface area contributed by atoms with Gasteiger partial charge in [0.25, 0.3) is 10.0 Å². The van der Waals surface area contributed by atoms with E-state index in [1.165, 1.54) is 49.4 Å². The smallest absolute Gasteiger partial charge is 0.335 e. The van der Waals surface area contributed by atoms with Crippen LogP contribution in [0.4, 0.5) is 5.69 Å². The van der Waals surface area contributed by atoms with Gasteiger partial charge in [-0.1, -0.05) is 12.1 Å². The molecule has 0 aliphatic rings. The van der Waals surface area contributed by atoms with Crippen LogP contribution in [0, 0.1) is 6.92 Å². The molecule has 0 spiro atoms. The summed E-state index contributed by atoms with van der Waals surface area (Å²) in [6.07, 6.45) is 0. The van der Waals surface area contributed by atoms with Crippen molar-refractivity contribution in [1.29, 1.82) is 0 Å². The lowest BCUT2D eigenvalue weighted by Crippen LogP contribution is -2.15. The standard InChI is InChI=1S/C14H13NO5S/c1-9-12(14(17)18)6-3-7-13(9)21(19,20)15-10-4-2-5-11(16)8-10/h2-8,15-16H,1H3,(H,17,18). The monoisotopic (exact) mass is 307 g/mol. The van der Waals surface area contributed by atoms with E-state index in [9.17, 15) is 18.3 Å². The van der Waals surface area contributed by atoms with Gasteiger partial charge in [-0.05, 0) is 36.8 Å². The molecule has 0 atom stereocenters. The third-order valence-electron chi connectivity index (χ3n) is 2.90. The topological polar surface area (TPSA) is 104 Å². The molecular formula is C14H13NO5S. The molecule has 6 nitrogen and oxygen atoms in total. The Hall–Kier alpha value is -2.54. The number of rotatable bonds is 4. The van der Waals surface area contributed by atoms with Crippen LogP contribution in [0.15, 0.2) is 47.4 Å². The predicted octanol–water partition coefficient (Wildman–Crippen LogP) is 2.20. The molecule has 2 aromatic rings. The molecule has 0 aliphatic carbocycles. The van der Waals surface area contributed by atoms with Gasteiger partial charge in [0.1, 0.15) is 5.75 Å². The Morgan fingerprint density at radius 1 is 1.14 bits per heavy atom. The summed E-state index contributed by atoms with van der Waals surface area (Å²) in [4.78, 5) is 10.9. The van der Waals surface area contributed by atoms with Gasteiger partial charge in [-0.15, -0.1) is 0 Å². The number of carboxylic acid groups (broad SMARTS) is 1. The SMILES string of the molecule is Cc1c(C(=O)O)cccc1S(=O)(=O)Nc1cccc(O)c1. The number of nitrogens with one attached hydrogen (secondary N) is 1.